The smallest absolute Gasteiger partial charge is 0.248 e. The second kappa shape index (κ2) is 4.34. The lowest BCUT2D eigenvalue weighted by atomic mass is 10.2. The van der Waals surface area contributed by atoms with Crippen LogP contribution in [0.2, 0.25) is 0 Å². The molecular weight excluding hydrogens is 208 g/mol. The molecule has 0 radical (unpaired) electrons. The highest BCUT2D eigenvalue weighted by atomic mass is 16.2. The van der Waals surface area contributed by atoms with Gasteiger partial charge in [0.05, 0.1) is 6.20 Å². The average Bonchev–Trinajstić information content (AvgIpc) is 2.86. The summed E-state index contributed by atoms with van der Waals surface area (Å²) in [4.78, 5) is 22.7. The molecule has 0 aliphatic carbocycles. The minimum atomic E-state index is -0.416. The van der Waals surface area contributed by atoms with Crippen LogP contribution in [0.15, 0.2) is 6.20 Å². The van der Waals surface area contributed by atoms with Crippen LogP contribution >= 0.6 is 0 Å². The van der Waals surface area contributed by atoms with Crippen LogP contribution in [0.4, 0.5) is 5.82 Å². The molecular formula is C10H14N4O2. The van der Waals surface area contributed by atoms with E-state index in [2.05, 4.69) is 20.8 Å². The van der Waals surface area contributed by atoms with E-state index in [1.165, 1.54) is 0 Å². The van der Waals surface area contributed by atoms with Crippen molar-refractivity contribution in [3.05, 3.63) is 11.8 Å². The number of rotatable bonds is 3. The standard InChI is InChI=1S/C10H14N4O2/c1-2-6-5-11-14-9(6)13-10(16)7-3-4-8(15)12-7/h5,7H,2-4H2,1H3,(H,12,15)(H2,11,13,14,16)/t7-/m0/s1. The van der Waals surface area contributed by atoms with Crippen molar-refractivity contribution in [2.75, 3.05) is 5.32 Å². The Balaban J connectivity index is 1.99. The highest BCUT2D eigenvalue weighted by molar-refractivity contribution is 5.98. The van der Waals surface area contributed by atoms with Gasteiger partial charge in [-0.3, -0.25) is 14.7 Å². The van der Waals surface area contributed by atoms with E-state index >= 15 is 0 Å². The van der Waals surface area contributed by atoms with Crippen molar-refractivity contribution in [2.24, 2.45) is 0 Å². The summed E-state index contributed by atoms with van der Waals surface area (Å²) >= 11 is 0. The minimum absolute atomic E-state index is 0.0690. The van der Waals surface area contributed by atoms with Crippen molar-refractivity contribution in [3.63, 3.8) is 0 Å². The molecule has 86 valence electrons. The van der Waals surface area contributed by atoms with Gasteiger partial charge in [-0.1, -0.05) is 6.92 Å². The monoisotopic (exact) mass is 222 g/mol. The first-order chi connectivity index (χ1) is 7.70. The molecule has 1 aromatic heterocycles. The van der Waals surface area contributed by atoms with Crippen molar-refractivity contribution in [3.8, 4) is 0 Å². The van der Waals surface area contributed by atoms with Crippen LogP contribution in [0, 0.1) is 0 Å². The van der Waals surface area contributed by atoms with Crippen LogP contribution in [0.1, 0.15) is 25.3 Å². The molecule has 2 rings (SSSR count). The summed E-state index contributed by atoms with van der Waals surface area (Å²) in [5.41, 5.74) is 0.956. The fraction of sp³-hybridized carbons (Fsp3) is 0.500. The number of carbonyl (C=O) groups is 2. The lowest BCUT2D eigenvalue weighted by Crippen LogP contribution is -2.37. The zero-order valence-electron chi connectivity index (χ0n) is 9.04. The van der Waals surface area contributed by atoms with Crippen molar-refractivity contribution < 1.29 is 9.59 Å². The van der Waals surface area contributed by atoms with Crippen LogP contribution in [0.25, 0.3) is 0 Å². The topological polar surface area (TPSA) is 86.9 Å². The van der Waals surface area contributed by atoms with Crippen LogP contribution < -0.4 is 10.6 Å². The van der Waals surface area contributed by atoms with E-state index in [0.29, 0.717) is 18.7 Å². The highest BCUT2D eigenvalue weighted by Gasteiger charge is 2.27. The summed E-state index contributed by atoms with van der Waals surface area (Å²) in [6.45, 7) is 1.98. The molecule has 3 N–H and O–H groups in total. The second-order valence-corrected chi connectivity index (χ2v) is 3.77. The molecule has 0 unspecified atom stereocenters. The van der Waals surface area contributed by atoms with Gasteiger partial charge in [0.15, 0.2) is 0 Å². The van der Waals surface area contributed by atoms with E-state index in [4.69, 9.17) is 0 Å². The van der Waals surface area contributed by atoms with E-state index in [1.807, 2.05) is 6.92 Å². The van der Waals surface area contributed by atoms with Crippen LogP contribution in [0.3, 0.4) is 0 Å². The Morgan fingerprint density at radius 1 is 1.69 bits per heavy atom. The van der Waals surface area contributed by atoms with Gasteiger partial charge in [-0.15, -0.1) is 0 Å². The van der Waals surface area contributed by atoms with Gasteiger partial charge in [-0.25, -0.2) is 0 Å². The molecule has 1 fully saturated rings. The molecule has 1 saturated heterocycles. The van der Waals surface area contributed by atoms with E-state index in [9.17, 15) is 9.59 Å². The lowest BCUT2D eigenvalue weighted by Gasteiger charge is -2.10. The summed E-state index contributed by atoms with van der Waals surface area (Å²) in [5.74, 6) is 0.360. The van der Waals surface area contributed by atoms with Crippen molar-refractivity contribution in [1.82, 2.24) is 15.5 Å². The normalized spacial score (nSPS) is 19.6. The molecule has 0 bridgehead atoms. The number of aryl methyl sites for hydroxylation is 1. The van der Waals surface area contributed by atoms with Crippen molar-refractivity contribution in [2.45, 2.75) is 32.2 Å². The molecule has 0 spiro atoms. The van der Waals surface area contributed by atoms with E-state index < -0.39 is 6.04 Å². The van der Waals surface area contributed by atoms with Gasteiger partial charge in [0.2, 0.25) is 11.8 Å². The zero-order chi connectivity index (χ0) is 11.5. The van der Waals surface area contributed by atoms with Gasteiger partial charge in [0.25, 0.3) is 0 Å². The maximum atomic E-state index is 11.8. The molecule has 16 heavy (non-hydrogen) atoms. The minimum Gasteiger partial charge on any atom is -0.344 e. The van der Waals surface area contributed by atoms with E-state index in [-0.39, 0.29) is 11.8 Å². The Hall–Kier alpha value is -1.85. The Bertz CT molecular complexity index is 413. The zero-order valence-corrected chi connectivity index (χ0v) is 9.04. The predicted molar refractivity (Wildman–Crippen MR) is 57.8 cm³/mol. The number of H-pyrrole nitrogens is 1. The number of carbonyl (C=O) groups excluding carboxylic acids is 2. The van der Waals surface area contributed by atoms with Crippen LogP contribution in [-0.2, 0) is 16.0 Å². The van der Waals surface area contributed by atoms with Gasteiger partial charge >= 0.3 is 0 Å². The summed E-state index contributed by atoms with van der Waals surface area (Å²) in [6, 6.07) is -0.416. The number of aromatic amines is 1. The molecule has 1 atom stereocenters. The molecule has 2 heterocycles. The molecule has 1 aliphatic heterocycles. The summed E-state index contributed by atoms with van der Waals surface area (Å²) in [5, 5.41) is 11.9. The summed E-state index contributed by atoms with van der Waals surface area (Å²) < 4.78 is 0. The van der Waals surface area contributed by atoms with Gasteiger partial charge in [-0.2, -0.15) is 5.10 Å². The van der Waals surface area contributed by atoms with Crippen LogP contribution in [0.5, 0.6) is 0 Å². The lowest BCUT2D eigenvalue weighted by molar-refractivity contribution is -0.122. The third kappa shape index (κ3) is 2.05. The maximum Gasteiger partial charge on any atom is 0.248 e. The maximum absolute atomic E-state index is 11.8. The average molecular weight is 222 g/mol. The molecule has 2 amide bonds. The molecule has 6 nitrogen and oxygen atoms in total. The summed E-state index contributed by atoms with van der Waals surface area (Å²) in [6.07, 6.45) is 3.45. The van der Waals surface area contributed by atoms with E-state index in [0.717, 1.165) is 12.0 Å². The first-order valence-corrected chi connectivity index (χ1v) is 5.33. The van der Waals surface area contributed by atoms with E-state index in [1.54, 1.807) is 6.20 Å². The van der Waals surface area contributed by atoms with Crippen LogP contribution in [-0.4, -0.2) is 28.1 Å². The number of nitrogens with zero attached hydrogens (tertiary/aromatic N) is 1. The first kappa shape index (κ1) is 10.7. The third-order valence-corrected chi connectivity index (χ3v) is 2.66. The molecule has 1 aliphatic rings. The number of hydrogen-bond donors (Lipinski definition) is 3. The Labute approximate surface area is 92.8 Å². The van der Waals surface area contributed by atoms with Gasteiger partial charge in [0, 0.05) is 12.0 Å². The first-order valence-electron chi connectivity index (χ1n) is 5.33. The Kier molecular flexibility index (Phi) is 2.89. The van der Waals surface area contributed by atoms with Crippen molar-refractivity contribution in [1.29, 1.82) is 0 Å². The number of nitrogens with one attached hydrogen (secondary N) is 3. The number of anilines is 1. The molecule has 0 saturated carbocycles. The van der Waals surface area contributed by atoms with Crippen molar-refractivity contribution >= 4 is 17.6 Å². The van der Waals surface area contributed by atoms with Gasteiger partial charge in [-0.05, 0) is 12.8 Å². The molecule has 6 heteroatoms. The number of hydrogen-bond acceptors (Lipinski definition) is 3. The molecule has 0 aromatic carbocycles. The molecule has 1 aromatic rings. The van der Waals surface area contributed by atoms with Gasteiger partial charge in [0.1, 0.15) is 11.9 Å². The Morgan fingerprint density at radius 3 is 3.12 bits per heavy atom. The number of amides is 2. The SMILES string of the molecule is CCc1cn[nH]c1NC(=O)[C@@H]1CCC(=O)N1. The largest absolute Gasteiger partial charge is 0.344 e. The second-order valence-electron chi connectivity index (χ2n) is 3.77. The predicted octanol–water partition coefficient (Wildman–Crippen LogP) is 0.189. The fourth-order valence-electron chi connectivity index (χ4n) is 1.71. The highest BCUT2D eigenvalue weighted by Crippen LogP contribution is 2.13. The summed E-state index contributed by atoms with van der Waals surface area (Å²) in [7, 11) is 0. The fourth-order valence-corrected chi connectivity index (χ4v) is 1.71. The van der Waals surface area contributed by atoms with Gasteiger partial charge < -0.3 is 10.6 Å². The quantitative estimate of drug-likeness (QED) is 0.682. The third-order valence-electron chi connectivity index (χ3n) is 2.66. The number of aromatic nitrogens is 2. The Morgan fingerprint density at radius 2 is 2.50 bits per heavy atom.